The van der Waals surface area contributed by atoms with Crippen molar-refractivity contribution in [3.05, 3.63) is 47.9 Å². The van der Waals surface area contributed by atoms with Gasteiger partial charge in [0.1, 0.15) is 11.6 Å². The van der Waals surface area contributed by atoms with E-state index in [1.807, 2.05) is 18.2 Å². The van der Waals surface area contributed by atoms with Gasteiger partial charge in [0.05, 0.1) is 12.6 Å². The summed E-state index contributed by atoms with van der Waals surface area (Å²) in [5.74, 6) is 0.804. The number of aromatic nitrogens is 4. The highest BCUT2D eigenvalue weighted by atomic mass is 16.2. The second kappa shape index (κ2) is 6.45. The summed E-state index contributed by atoms with van der Waals surface area (Å²) in [7, 11) is 0. The highest BCUT2D eigenvalue weighted by Crippen LogP contribution is 2.28. The fourth-order valence-electron chi connectivity index (χ4n) is 3.08. The molecule has 0 radical (unpaired) electrons. The maximum Gasteiger partial charge on any atom is 0.254 e. The lowest BCUT2D eigenvalue weighted by atomic mass is 10.1. The van der Waals surface area contributed by atoms with E-state index in [0.29, 0.717) is 28.6 Å². The number of rotatable bonds is 5. The van der Waals surface area contributed by atoms with Gasteiger partial charge in [-0.05, 0) is 31.1 Å². The molecule has 4 heterocycles. The fourth-order valence-corrected chi connectivity index (χ4v) is 3.08. The van der Waals surface area contributed by atoms with Gasteiger partial charge in [0.2, 0.25) is 5.91 Å². The molecule has 0 unspecified atom stereocenters. The van der Waals surface area contributed by atoms with Crippen LogP contribution in [0.1, 0.15) is 24.8 Å². The van der Waals surface area contributed by atoms with Crippen LogP contribution in [0.5, 0.6) is 0 Å². The summed E-state index contributed by atoms with van der Waals surface area (Å²) in [4.78, 5) is 32.0. The Kier molecular flexibility index (Phi) is 3.78. The van der Waals surface area contributed by atoms with Crippen molar-refractivity contribution in [3.8, 4) is 0 Å². The minimum Gasteiger partial charge on any atom is -0.367 e. The molecule has 2 aliphatic rings. The van der Waals surface area contributed by atoms with Crippen LogP contribution in [0, 0.1) is 0 Å². The fraction of sp³-hybridized carbons (Fsp3) is 0.211. The van der Waals surface area contributed by atoms with Crippen LogP contribution in [0.2, 0.25) is 0 Å². The molecule has 0 aromatic carbocycles. The Balaban J connectivity index is 1.58. The van der Waals surface area contributed by atoms with Gasteiger partial charge < -0.3 is 10.6 Å². The lowest BCUT2D eigenvalue weighted by Crippen LogP contribution is -2.19. The smallest absolute Gasteiger partial charge is 0.254 e. The summed E-state index contributed by atoms with van der Waals surface area (Å²) in [5.41, 5.74) is 2.55. The highest BCUT2D eigenvalue weighted by Gasteiger charge is 2.25. The van der Waals surface area contributed by atoms with Gasteiger partial charge in [-0.2, -0.15) is 9.61 Å². The number of imide groups is 1. The first-order chi connectivity index (χ1) is 13.7. The number of pyridine rings is 1. The number of hydrogen-bond donors (Lipinski definition) is 3. The molecule has 9 nitrogen and oxygen atoms in total. The molecular weight excluding hydrogens is 358 g/mol. The summed E-state index contributed by atoms with van der Waals surface area (Å²) in [5, 5.41) is 13.5. The Morgan fingerprint density at radius 2 is 2.04 bits per heavy atom. The third kappa shape index (κ3) is 3.18. The maximum atomic E-state index is 11.9. The molecule has 3 N–H and O–H groups in total. The van der Waals surface area contributed by atoms with Gasteiger partial charge in [0.15, 0.2) is 5.65 Å². The number of nitrogens with one attached hydrogen (secondary N) is 3. The van der Waals surface area contributed by atoms with Gasteiger partial charge in [-0.3, -0.25) is 19.9 Å². The Morgan fingerprint density at radius 3 is 2.75 bits per heavy atom. The van der Waals surface area contributed by atoms with E-state index in [9.17, 15) is 9.59 Å². The molecule has 28 heavy (non-hydrogen) atoms. The first-order valence-corrected chi connectivity index (χ1v) is 9.03. The van der Waals surface area contributed by atoms with E-state index in [1.165, 1.54) is 0 Å². The lowest BCUT2D eigenvalue weighted by molar-refractivity contribution is -0.124. The molecule has 9 heteroatoms. The monoisotopic (exact) mass is 375 g/mol. The molecule has 1 aliphatic heterocycles. The highest BCUT2D eigenvalue weighted by molar-refractivity contribution is 6.15. The SMILES string of the molecule is O=C1C/C(=C/c2cnn3c(NC4CC4)cc(Nc4ccncc4)nc23)C(=O)N1. The number of hydrogen-bond acceptors (Lipinski definition) is 7. The zero-order valence-corrected chi connectivity index (χ0v) is 14.8. The van der Waals surface area contributed by atoms with Crippen molar-refractivity contribution in [2.45, 2.75) is 25.3 Å². The summed E-state index contributed by atoms with van der Waals surface area (Å²) in [6.45, 7) is 0. The van der Waals surface area contributed by atoms with Gasteiger partial charge >= 0.3 is 0 Å². The first kappa shape index (κ1) is 16.4. The van der Waals surface area contributed by atoms with Crippen molar-refractivity contribution < 1.29 is 9.59 Å². The van der Waals surface area contributed by atoms with Crippen LogP contribution >= 0.6 is 0 Å². The topological polar surface area (TPSA) is 113 Å². The van der Waals surface area contributed by atoms with Crippen molar-refractivity contribution in [2.24, 2.45) is 0 Å². The average Bonchev–Trinajstić information content (AvgIpc) is 3.32. The van der Waals surface area contributed by atoms with Crippen LogP contribution in [-0.2, 0) is 9.59 Å². The molecule has 1 saturated carbocycles. The zero-order chi connectivity index (χ0) is 19.1. The van der Waals surface area contributed by atoms with Crippen molar-refractivity contribution in [3.63, 3.8) is 0 Å². The second-order valence-electron chi connectivity index (χ2n) is 6.87. The third-order valence-electron chi connectivity index (χ3n) is 4.61. The van der Waals surface area contributed by atoms with Crippen molar-refractivity contribution in [2.75, 3.05) is 10.6 Å². The summed E-state index contributed by atoms with van der Waals surface area (Å²) >= 11 is 0. The van der Waals surface area contributed by atoms with Crippen molar-refractivity contribution in [1.29, 1.82) is 0 Å². The molecule has 140 valence electrons. The largest absolute Gasteiger partial charge is 0.367 e. The number of amides is 2. The molecule has 0 bridgehead atoms. The lowest BCUT2D eigenvalue weighted by Gasteiger charge is -2.11. The molecule has 0 spiro atoms. The van der Waals surface area contributed by atoms with Gasteiger partial charge in [0, 0.05) is 41.3 Å². The zero-order valence-electron chi connectivity index (χ0n) is 14.8. The molecule has 1 saturated heterocycles. The number of carbonyl (C=O) groups is 2. The van der Waals surface area contributed by atoms with Crippen LogP contribution < -0.4 is 16.0 Å². The standard InChI is InChI=1S/C19H17N7O2/c27-17-8-11(19(28)25-17)7-12-10-21-26-16(23-13-1-2-13)9-15(24-18(12)26)22-14-3-5-20-6-4-14/h3-7,9-10,13,23H,1-2,8H2,(H,20,22,24)(H,25,27,28)/b11-7-. The van der Waals surface area contributed by atoms with Gasteiger partial charge in [-0.1, -0.05) is 0 Å². The van der Waals surface area contributed by atoms with Crippen LogP contribution in [-0.4, -0.2) is 37.4 Å². The van der Waals surface area contributed by atoms with E-state index in [4.69, 9.17) is 0 Å². The quantitative estimate of drug-likeness (QED) is 0.461. The van der Waals surface area contributed by atoms with Crippen LogP contribution in [0.3, 0.4) is 0 Å². The van der Waals surface area contributed by atoms with Crippen molar-refractivity contribution in [1.82, 2.24) is 24.9 Å². The average molecular weight is 375 g/mol. The molecule has 5 rings (SSSR count). The molecule has 2 fully saturated rings. The Hall–Kier alpha value is -3.75. The predicted octanol–water partition coefficient (Wildman–Crippen LogP) is 1.87. The number of anilines is 3. The first-order valence-electron chi connectivity index (χ1n) is 9.03. The van der Waals surface area contributed by atoms with E-state index < -0.39 is 0 Å². The molecular formula is C19H17N7O2. The molecule has 2 amide bonds. The summed E-state index contributed by atoms with van der Waals surface area (Å²) < 4.78 is 1.72. The van der Waals surface area contributed by atoms with E-state index in [-0.39, 0.29) is 18.2 Å². The van der Waals surface area contributed by atoms with Gasteiger partial charge in [0.25, 0.3) is 5.91 Å². The molecule has 3 aromatic heterocycles. The van der Waals surface area contributed by atoms with E-state index in [2.05, 4.69) is 31.0 Å². The maximum absolute atomic E-state index is 11.9. The van der Waals surface area contributed by atoms with E-state index >= 15 is 0 Å². The van der Waals surface area contributed by atoms with E-state index in [0.717, 1.165) is 24.3 Å². The van der Waals surface area contributed by atoms with Gasteiger partial charge in [-0.25, -0.2) is 4.98 Å². The van der Waals surface area contributed by atoms with Crippen LogP contribution in [0.25, 0.3) is 11.7 Å². The van der Waals surface area contributed by atoms with E-state index in [1.54, 1.807) is 29.2 Å². The predicted molar refractivity (Wildman–Crippen MR) is 103 cm³/mol. The van der Waals surface area contributed by atoms with Crippen LogP contribution in [0.4, 0.5) is 17.3 Å². The molecule has 1 aliphatic carbocycles. The Labute approximate surface area is 159 Å². The second-order valence-corrected chi connectivity index (χ2v) is 6.87. The minimum atomic E-state index is -0.369. The molecule has 3 aromatic rings. The third-order valence-corrected chi connectivity index (χ3v) is 4.61. The normalized spacial score (nSPS) is 17.9. The van der Waals surface area contributed by atoms with Crippen LogP contribution in [0.15, 0.2) is 42.4 Å². The summed E-state index contributed by atoms with van der Waals surface area (Å²) in [6, 6.07) is 6.05. The molecule has 0 atom stereocenters. The van der Waals surface area contributed by atoms with Crippen molar-refractivity contribution >= 4 is 40.9 Å². The Morgan fingerprint density at radius 1 is 1.21 bits per heavy atom. The number of carbonyl (C=O) groups excluding carboxylic acids is 2. The van der Waals surface area contributed by atoms with Gasteiger partial charge in [-0.15, -0.1) is 0 Å². The number of fused-ring (bicyclic) bond motifs is 1. The number of nitrogens with zero attached hydrogens (tertiary/aromatic N) is 4. The summed E-state index contributed by atoms with van der Waals surface area (Å²) in [6.07, 6.45) is 9.04. The minimum absolute atomic E-state index is 0.0678. The Bertz CT molecular complexity index is 1120.